The highest BCUT2D eigenvalue weighted by atomic mass is 32.2. The molecule has 0 saturated carbocycles. The van der Waals surface area contributed by atoms with E-state index in [0.29, 0.717) is 77.8 Å². The molecule has 0 N–H and O–H groups in total. The SMILES string of the molecule is COCC[N+](CCCS(=O)(=O)[O-])=c1ccc2c(C(C)(C)C)cc(/C=C/C=C3/N(CCCCCC(=O)ON4C(=O)CCC4=O)c4ccc(S(=O)(=O)[O-])cc4C3(C)CCCS(=O)(=O)[O-])oc-2c1. The molecular formula is C44H55N3O15S3-2. The van der Waals surface area contributed by atoms with Gasteiger partial charge in [0.15, 0.2) is 6.54 Å². The molecular weight excluding hydrogens is 907 g/mol. The minimum Gasteiger partial charge on any atom is -0.748 e. The zero-order valence-corrected chi connectivity index (χ0v) is 39.5. The lowest BCUT2D eigenvalue weighted by Crippen LogP contribution is -2.34. The van der Waals surface area contributed by atoms with Gasteiger partial charge in [0.1, 0.15) is 34.8 Å². The van der Waals surface area contributed by atoms with Gasteiger partial charge in [-0.05, 0) is 91.6 Å². The highest BCUT2D eigenvalue weighted by Crippen LogP contribution is 2.51. The molecule has 1 aromatic rings. The van der Waals surface area contributed by atoms with Crippen molar-refractivity contribution in [1.82, 2.24) is 9.64 Å². The first kappa shape index (κ1) is 51.2. The highest BCUT2D eigenvalue weighted by molar-refractivity contribution is 7.86. The standard InChI is InChI=1S/C44H57N3O15S3/c1-43(2,3)35-29-32(61-38-28-31(15-17-34(35)38)45(24-25-60-5)22-11-27-64(54,55)56)12-9-13-39-44(4,21-10-26-63(51,52)53)36-30-33(65(57,58)59)16-18-37(36)46(39)23-8-6-7-14-42(50)62-47-40(48)19-20-41(47)49/h9,12-13,15-18,28-30H,6-8,10-11,14,19-27H2,1-5H3,(H2-,51,52,53,54,55,56,57,58,59)/p-2. The van der Waals surface area contributed by atoms with Crippen molar-refractivity contribution in [1.29, 1.82) is 0 Å². The van der Waals surface area contributed by atoms with E-state index in [1.807, 2.05) is 33.7 Å². The van der Waals surface area contributed by atoms with Crippen LogP contribution >= 0.6 is 0 Å². The summed E-state index contributed by atoms with van der Waals surface area (Å²) in [5, 5.41) is 1.21. The number of carbonyl (C=O) groups excluding carboxylic acids is 3. The van der Waals surface area contributed by atoms with Gasteiger partial charge < -0.3 is 32.5 Å². The molecule has 4 aliphatic rings. The van der Waals surface area contributed by atoms with Crippen molar-refractivity contribution < 1.29 is 67.3 Å². The Morgan fingerprint density at radius 1 is 0.877 bits per heavy atom. The minimum atomic E-state index is -4.91. The fourth-order valence-electron chi connectivity index (χ4n) is 8.15. The van der Waals surface area contributed by atoms with Crippen LogP contribution < -0.4 is 14.8 Å². The largest absolute Gasteiger partial charge is 0.748 e. The zero-order valence-electron chi connectivity index (χ0n) is 37.1. The van der Waals surface area contributed by atoms with E-state index in [9.17, 15) is 53.3 Å². The van der Waals surface area contributed by atoms with Crippen LogP contribution in [0.15, 0.2) is 69.6 Å². The van der Waals surface area contributed by atoms with E-state index in [0.717, 1.165) is 11.1 Å². The summed E-state index contributed by atoms with van der Waals surface area (Å²) >= 11 is 0. The lowest BCUT2D eigenvalue weighted by molar-refractivity contribution is -0.197. The Balaban J connectivity index is 1.54. The average Bonchev–Trinajstić information content (AvgIpc) is 3.63. The van der Waals surface area contributed by atoms with Crippen LogP contribution in [0.4, 0.5) is 5.69 Å². The van der Waals surface area contributed by atoms with Crippen LogP contribution in [-0.2, 0) is 65.1 Å². The summed E-state index contributed by atoms with van der Waals surface area (Å²) in [6.07, 6.45) is 6.52. The fraction of sp³-hybridized carbons (Fsp3) is 0.500. The third-order valence-corrected chi connectivity index (χ3v) is 13.8. The number of carbonyl (C=O) groups is 3. The summed E-state index contributed by atoms with van der Waals surface area (Å²) in [7, 11) is -12.4. The zero-order chi connectivity index (χ0) is 48.0. The molecule has 1 fully saturated rings. The van der Waals surface area contributed by atoms with Gasteiger partial charge in [-0.2, -0.15) is 0 Å². The van der Waals surface area contributed by atoms with Crippen molar-refractivity contribution in [3.05, 3.63) is 82.6 Å². The number of unbranched alkanes of at least 4 members (excludes halogenated alkanes) is 2. The lowest BCUT2D eigenvalue weighted by Gasteiger charge is -2.31. The van der Waals surface area contributed by atoms with Gasteiger partial charge in [0.05, 0.1) is 31.2 Å². The second-order valence-corrected chi connectivity index (χ2v) is 21.8. The Labute approximate surface area is 380 Å². The maximum atomic E-state index is 12.5. The van der Waals surface area contributed by atoms with Gasteiger partial charge in [0, 0.05) is 79.3 Å². The number of fused-ring (bicyclic) bond motifs is 2. The number of rotatable bonds is 21. The second kappa shape index (κ2) is 20.8. The number of hydroxylamine groups is 2. The monoisotopic (exact) mass is 961 g/mol. The topological polar surface area (TPSA) is 264 Å². The molecule has 3 heterocycles. The first-order valence-corrected chi connectivity index (χ1v) is 25.7. The summed E-state index contributed by atoms with van der Waals surface area (Å²) in [4.78, 5) is 42.6. The van der Waals surface area contributed by atoms with Crippen LogP contribution in [0.1, 0.15) is 102 Å². The van der Waals surface area contributed by atoms with Gasteiger partial charge in [-0.15, -0.1) is 5.06 Å². The second-order valence-electron chi connectivity index (χ2n) is 17.3. The van der Waals surface area contributed by atoms with Crippen LogP contribution in [0.2, 0.25) is 0 Å². The van der Waals surface area contributed by atoms with Crippen molar-refractivity contribution in [2.24, 2.45) is 0 Å². The smallest absolute Gasteiger partial charge is 0.333 e. The van der Waals surface area contributed by atoms with Gasteiger partial charge in [-0.1, -0.05) is 33.3 Å². The van der Waals surface area contributed by atoms with Crippen LogP contribution in [0.5, 0.6) is 0 Å². The molecule has 0 spiro atoms. The summed E-state index contributed by atoms with van der Waals surface area (Å²) in [5.74, 6) is -2.14. The van der Waals surface area contributed by atoms with E-state index < -0.39 is 70.0 Å². The van der Waals surface area contributed by atoms with Gasteiger partial charge in [-0.25, -0.2) is 34.6 Å². The third-order valence-electron chi connectivity index (χ3n) is 11.4. The Bertz CT molecular complexity index is 2700. The number of nitrogens with zero attached hydrogens (tertiary/aromatic N) is 3. The molecule has 3 aliphatic heterocycles. The van der Waals surface area contributed by atoms with Gasteiger partial charge in [0.25, 0.3) is 11.8 Å². The van der Waals surface area contributed by atoms with Crippen molar-refractivity contribution in [3.8, 4) is 11.3 Å². The van der Waals surface area contributed by atoms with Gasteiger partial charge in [-0.3, -0.25) is 9.59 Å². The molecule has 1 atom stereocenters. The maximum Gasteiger partial charge on any atom is 0.333 e. The molecule has 1 aromatic carbocycles. The van der Waals surface area contributed by atoms with Crippen molar-refractivity contribution in [2.45, 2.75) is 101 Å². The van der Waals surface area contributed by atoms with E-state index in [4.69, 9.17) is 14.0 Å². The number of anilines is 1. The quantitative estimate of drug-likeness (QED) is 0.0629. The maximum absolute atomic E-state index is 12.5. The molecule has 1 aliphatic carbocycles. The van der Waals surface area contributed by atoms with Gasteiger partial charge in [0.2, 0.25) is 5.36 Å². The predicted molar refractivity (Wildman–Crippen MR) is 236 cm³/mol. The van der Waals surface area contributed by atoms with Crippen LogP contribution in [0.25, 0.3) is 17.4 Å². The Morgan fingerprint density at radius 2 is 1.55 bits per heavy atom. The summed E-state index contributed by atoms with van der Waals surface area (Å²) in [5.41, 5.74) is 1.91. The number of amides is 2. The molecule has 1 saturated heterocycles. The number of allylic oxidation sites excluding steroid dienone is 3. The third kappa shape index (κ3) is 13.6. The number of hydrogen-bond donors (Lipinski definition) is 0. The average molecular weight is 962 g/mol. The molecule has 21 heteroatoms. The molecule has 356 valence electrons. The van der Waals surface area contributed by atoms with Crippen LogP contribution in [0.3, 0.4) is 0 Å². The minimum absolute atomic E-state index is 0.0307. The number of ether oxygens (including phenoxy) is 1. The summed E-state index contributed by atoms with van der Waals surface area (Å²) in [6, 6.07) is 11.5. The van der Waals surface area contributed by atoms with E-state index in [-0.39, 0.29) is 50.5 Å². The van der Waals surface area contributed by atoms with E-state index in [2.05, 4.69) is 20.8 Å². The van der Waals surface area contributed by atoms with Crippen molar-refractivity contribution in [3.63, 3.8) is 0 Å². The molecule has 65 heavy (non-hydrogen) atoms. The molecule has 0 bridgehead atoms. The molecule has 18 nitrogen and oxygen atoms in total. The molecule has 2 amide bonds. The summed E-state index contributed by atoms with van der Waals surface area (Å²) in [6.45, 7) is 9.27. The fourth-order valence-corrected chi connectivity index (χ4v) is 9.62. The Morgan fingerprint density at radius 3 is 2.18 bits per heavy atom. The number of benzene rings is 2. The molecule has 5 rings (SSSR count). The Kier molecular flexibility index (Phi) is 16.4. The highest BCUT2D eigenvalue weighted by Gasteiger charge is 2.43. The Hall–Kier alpha value is -4.77. The number of methoxy groups -OCH3 is 1. The number of imide groups is 1. The lowest BCUT2D eigenvalue weighted by atomic mass is 9.77. The van der Waals surface area contributed by atoms with Gasteiger partial charge >= 0.3 is 5.97 Å². The van der Waals surface area contributed by atoms with Crippen molar-refractivity contribution in [2.75, 3.05) is 49.8 Å². The van der Waals surface area contributed by atoms with E-state index in [1.165, 1.54) is 18.2 Å². The molecule has 1 unspecified atom stereocenters. The summed E-state index contributed by atoms with van der Waals surface area (Å²) < 4.78 is 120. The first-order chi connectivity index (χ1) is 30.3. The van der Waals surface area contributed by atoms with Crippen molar-refractivity contribution >= 4 is 59.9 Å². The van der Waals surface area contributed by atoms with Crippen LogP contribution in [-0.4, -0.2) is 107 Å². The first-order valence-electron chi connectivity index (χ1n) is 21.2. The number of hydrogen-bond acceptors (Lipinski definition) is 16. The van der Waals surface area contributed by atoms with Crippen LogP contribution in [0, 0.1) is 0 Å². The predicted octanol–water partition coefficient (Wildman–Crippen LogP) is 4.11. The van der Waals surface area contributed by atoms with E-state index in [1.54, 1.807) is 32.3 Å². The normalized spacial score (nSPS) is 18.4. The van der Waals surface area contributed by atoms with E-state index >= 15 is 0 Å². The molecule has 0 radical (unpaired) electrons. The molecule has 0 aromatic heterocycles.